The summed E-state index contributed by atoms with van der Waals surface area (Å²) in [7, 11) is 0. The first-order valence-electron chi connectivity index (χ1n) is 5.75. The van der Waals surface area contributed by atoms with Gasteiger partial charge in [0.2, 0.25) is 0 Å². The van der Waals surface area contributed by atoms with E-state index < -0.39 is 17.6 Å². The normalized spacial score (nSPS) is 12.1. The summed E-state index contributed by atoms with van der Waals surface area (Å²) < 4.78 is 1.23. The molecule has 0 aliphatic heterocycles. The summed E-state index contributed by atoms with van der Waals surface area (Å²) in [5.74, 6) is -1.27. The van der Waals surface area contributed by atoms with E-state index in [0.29, 0.717) is 0 Å². The molecule has 1 heterocycles. The van der Waals surface area contributed by atoms with Gasteiger partial charge in [0.15, 0.2) is 0 Å². The van der Waals surface area contributed by atoms with Crippen LogP contribution in [-0.4, -0.2) is 27.4 Å². The zero-order valence-corrected chi connectivity index (χ0v) is 10.1. The van der Waals surface area contributed by atoms with E-state index in [-0.39, 0.29) is 12.2 Å². The molecule has 0 aliphatic carbocycles. The quantitative estimate of drug-likeness (QED) is 0.862. The Hall–Kier alpha value is -2.40. The number of carboxylic acid groups (broad SMARTS) is 1. The van der Waals surface area contributed by atoms with Gasteiger partial charge in [-0.15, -0.1) is 0 Å². The van der Waals surface area contributed by atoms with Crippen LogP contribution in [0.25, 0.3) is 0 Å². The molecule has 0 radical (unpaired) electrons. The predicted octanol–water partition coefficient (Wildman–Crippen LogP) is 1.13. The molecule has 19 heavy (non-hydrogen) atoms. The van der Waals surface area contributed by atoms with Gasteiger partial charge in [-0.3, -0.25) is 4.79 Å². The number of hydrogen-bond acceptors (Lipinski definition) is 3. The van der Waals surface area contributed by atoms with Gasteiger partial charge in [-0.1, -0.05) is 30.3 Å². The molecule has 5 heteroatoms. The SMILES string of the molecule is O=C(O)c1cccn([C@H](CO)c2ccccc2)c1=O. The smallest absolute Gasteiger partial charge is 0.341 e. The van der Waals surface area contributed by atoms with E-state index in [4.69, 9.17) is 5.11 Å². The Bertz CT molecular complexity index is 633. The molecule has 2 N–H and O–H groups in total. The molecule has 0 saturated heterocycles. The molecule has 0 fully saturated rings. The van der Waals surface area contributed by atoms with Crippen molar-refractivity contribution in [3.63, 3.8) is 0 Å². The van der Waals surface area contributed by atoms with Crippen LogP contribution in [0.1, 0.15) is 22.0 Å². The number of rotatable bonds is 4. The van der Waals surface area contributed by atoms with Crippen molar-refractivity contribution in [2.45, 2.75) is 6.04 Å². The number of aromatic carboxylic acids is 1. The molecule has 5 nitrogen and oxygen atoms in total. The molecule has 0 bridgehead atoms. The maximum Gasteiger partial charge on any atom is 0.341 e. The first-order valence-corrected chi connectivity index (χ1v) is 5.75. The zero-order chi connectivity index (χ0) is 13.8. The summed E-state index contributed by atoms with van der Waals surface area (Å²) in [6.45, 7) is -0.285. The number of aliphatic hydroxyl groups is 1. The molecule has 0 unspecified atom stereocenters. The molecule has 0 saturated carbocycles. The summed E-state index contributed by atoms with van der Waals surface area (Å²) >= 11 is 0. The van der Waals surface area contributed by atoms with E-state index >= 15 is 0 Å². The molecule has 0 spiro atoms. The minimum atomic E-state index is -1.27. The van der Waals surface area contributed by atoms with Gasteiger partial charge in [0.25, 0.3) is 5.56 Å². The Morgan fingerprint density at radius 2 is 1.84 bits per heavy atom. The highest BCUT2D eigenvalue weighted by Gasteiger charge is 2.17. The van der Waals surface area contributed by atoms with Crippen molar-refractivity contribution in [2.75, 3.05) is 6.61 Å². The van der Waals surface area contributed by atoms with Gasteiger partial charge in [0.1, 0.15) is 5.56 Å². The molecule has 98 valence electrons. The highest BCUT2D eigenvalue weighted by Crippen LogP contribution is 2.15. The number of hydrogen-bond donors (Lipinski definition) is 2. The number of aromatic nitrogens is 1. The second-order valence-corrected chi connectivity index (χ2v) is 4.05. The molecular weight excluding hydrogens is 246 g/mol. The molecule has 0 aliphatic rings. The number of carbonyl (C=O) groups is 1. The van der Waals surface area contributed by atoms with Crippen LogP contribution in [0.5, 0.6) is 0 Å². The Morgan fingerprint density at radius 3 is 2.42 bits per heavy atom. The monoisotopic (exact) mass is 259 g/mol. The topological polar surface area (TPSA) is 79.5 Å². The minimum absolute atomic E-state index is 0.285. The standard InChI is InChI=1S/C14H13NO4/c16-9-12(10-5-2-1-3-6-10)15-8-4-7-11(13(15)17)14(18)19/h1-8,12,16H,9H2,(H,18,19)/t12-/m1/s1. The van der Waals surface area contributed by atoms with Crippen LogP contribution < -0.4 is 5.56 Å². The third-order valence-corrected chi connectivity index (χ3v) is 2.90. The lowest BCUT2D eigenvalue weighted by Crippen LogP contribution is -2.31. The van der Waals surface area contributed by atoms with E-state index in [0.717, 1.165) is 5.56 Å². The van der Waals surface area contributed by atoms with Crippen LogP contribution in [0.4, 0.5) is 0 Å². The van der Waals surface area contributed by atoms with E-state index in [1.165, 1.54) is 22.9 Å². The summed E-state index contributed by atoms with van der Waals surface area (Å²) in [5, 5.41) is 18.4. The fraction of sp³-hybridized carbons (Fsp3) is 0.143. The van der Waals surface area contributed by atoms with Gasteiger partial charge in [-0.05, 0) is 17.7 Å². The lowest BCUT2D eigenvalue weighted by molar-refractivity contribution is 0.0693. The molecule has 1 atom stereocenters. The van der Waals surface area contributed by atoms with Crippen molar-refractivity contribution in [3.8, 4) is 0 Å². The summed E-state index contributed by atoms with van der Waals surface area (Å²) in [5.41, 5.74) is -0.190. The zero-order valence-electron chi connectivity index (χ0n) is 10.1. The van der Waals surface area contributed by atoms with Crippen LogP contribution in [0.15, 0.2) is 53.5 Å². The fourth-order valence-corrected chi connectivity index (χ4v) is 1.95. The van der Waals surface area contributed by atoms with E-state index in [2.05, 4.69) is 0 Å². The van der Waals surface area contributed by atoms with E-state index in [1.54, 1.807) is 24.3 Å². The first-order chi connectivity index (χ1) is 9.15. The van der Waals surface area contributed by atoms with Crippen molar-refractivity contribution >= 4 is 5.97 Å². The van der Waals surface area contributed by atoms with Crippen molar-refractivity contribution in [1.29, 1.82) is 0 Å². The van der Waals surface area contributed by atoms with Crippen LogP contribution in [-0.2, 0) is 0 Å². The lowest BCUT2D eigenvalue weighted by atomic mass is 10.1. The summed E-state index contributed by atoms with van der Waals surface area (Å²) in [4.78, 5) is 23.0. The van der Waals surface area contributed by atoms with Gasteiger partial charge in [-0.25, -0.2) is 4.79 Å². The maximum absolute atomic E-state index is 12.1. The van der Waals surface area contributed by atoms with Gasteiger partial charge in [-0.2, -0.15) is 0 Å². The fourth-order valence-electron chi connectivity index (χ4n) is 1.95. The minimum Gasteiger partial charge on any atom is -0.477 e. The molecule has 1 aromatic heterocycles. The number of pyridine rings is 1. The van der Waals surface area contributed by atoms with E-state index in [1.807, 2.05) is 6.07 Å². The Morgan fingerprint density at radius 1 is 1.16 bits per heavy atom. The van der Waals surface area contributed by atoms with Crippen molar-refractivity contribution in [2.24, 2.45) is 0 Å². The predicted molar refractivity (Wildman–Crippen MR) is 69.3 cm³/mol. The Balaban J connectivity index is 2.54. The van der Waals surface area contributed by atoms with Crippen molar-refractivity contribution in [3.05, 3.63) is 70.1 Å². The van der Waals surface area contributed by atoms with E-state index in [9.17, 15) is 14.7 Å². The Labute approximate surface area is 109 Å². The molecule has 2 aromatic rings. The Kier molecular flexibility index (Phi) is 3.77. The number of benzene rings is 1. The number of aliphatic hydroxyl groups excluding tert-OH is 1. The molecule has 1 aromatic carbocycles. The summed E-state index contributed by atoms with van der Waals surface area (Å²) in [6, 6.07) is 11.1. The van der Waals surface area contributed by atoms with Crippen molar-refractivity contribution < 1.29 is 15.0 Å². The second kappa shape index (κ2) is 5.49. The molecule has 2 rings (SSSR count). The molecular formula is C14H13NO4. The van der Waals surface area contributed by atoms with Crippen LogP contribution in [0, 0.1) is 0 Å². The van der Waals surface area contributed by atoms with Gasteiger partial charge in [0, 0.05) is 6.20 Å². The third-order valence-electron chi connectivity index (χ3n) is 2.90. The van der Waals surface area contributed by atoms with Crippen molar-refractivity contribution in [1.82, 2.24) is 4.57 Å². The highest BCUT2D eigenvalue weighted by molar-refractivity contribution is 5.87. The first kappa shape index (κ1) is 13.0. The molecule has 0 amide bonds. The highest BCUT2D eigenvalue weighted by atomic mass is 16.4. The lowest BCUT2D eigenvalue weighted by Gasteiger charge is -2.18. The third kappa shape index (κ3) is 2.56. The maximum atomic E-state index is 12.1. The second-order valence-electron chi connectivity index (χ2n) is 4.05. The van der Waals surface area contributed by atoms with Crippen LogP contribution in [0.2, 0.25) is 0 Å². The van der Waals surface area contributed by atoms with Gasteiger partial charge < -0.3 is 14.8 Å². The largest absolute Gasteiger partial charge is 0.477 e. The van der Waals surface area contributed by atoms with Gasteiger partial charge in [0.05, 0.1) is 12.6 Å². The number of nitrogens with zero attached hydrogens (tertiary/aromatic N) is 1. The van der Waals surface area contributed by atoms with Gasteiger partial charge >= 0.3 is 5.97 Å². The van der Waals surface area contributed by atoms with Crippen LogP contribution in [0.3, 0.4) is 0 Å². The summed E-state index contributed by atoms with van der Waals surface area (Å²) in [6.07, 6.45) is 1.47. The average Bonchev–Trinajstić information content (AvgIpc) is 2.42. The number of carboxylic acids is 1. The average molecular weight is 259 g/mol. The van der Waals surface area contributed by atoms with Crippen LogP contribution >= 0.6 is 0 Å².